The molecule has 5 nitrogen and oxygen atoms in total. The summed E-state index contributed by atoms with van der Waals surface area (Å²) in [6.45, 7) is 3.11. The third-order valence-electron chi connectivity index (χ3n) is 4.35. The maximum Gasteiger partial charge on any atom is 0.255 e. The first-order valence-corrected chi connectivity index (χ1v) is 8.91. The Hall–Kier alpha value is -1.83. The van der Waals surface area contributed by atoms with E-state index in [1.807, 2.05) is 6.92 Å². The standard InChI is InChI=1S/C16H20F2N4OS/c1-10-8-24-15-14(10)20-9-21-16(15)22-4-2-11(3-5-22)6-13(23)19-7-12(17)18/h8-9,11-12H,2-7H2,1H3,(H,19,23). The van der Waals surface area contributed by atoms with Gasteiger partial charge in [-0.3, -0.25) is 4.79 Å². The van der Waals surface area contributed by atoms with Gasteiger partial charge in [0.25, 0.3) is 6.43 Å². The second kappa shape index (κ2) is 7.38. The molecule has 2 aromatic rings. The van der Waals surface area contributed by atoms with Gasteiger partial charge in [-0.1, -0.05) is 0 Å². The Morgan fingerprint density at radius 3 is 2.88 bits per heavy atom. The maximum absolute atomic E-state index is 12.1. The fourth-order valence-corrected chi connectivity index (χ4v) is 4.08. The molecule has 0 atom stereocenters. The number of nitrogens with one attached hydrogen (secondary N) is 1. The Morgan fingerprint density at radius 1 is 1.42 bits per heavy atom. The molecule has 0 aromatic carbocycles. The molecule has 0 aliphatic carbocycles. The molecule has 3 heterocycles. The summed E-state index contributed by atoms with van der Waals surface area (Å²) in [5.74, 6) is 0.909. The number of halogens is 2. The SMILES string of the molecule is Cc1csc2c(N3CCC(CC(=O)NCC(F)F)CC3)ncnc12. The lowest BCUT2D eigenvalue weighted by atomic mass is 9.93. The van der Waals surface area contributed by atoms with Crippen LogP contribution in [-0.4, -0.2) is 41.9 Å². The van der Waals surface area contributed by atoms with Gasteiger partial charge < -0.3 is 10.2 Å². The van der Waals surface area contributed by atoms with Crippen LogP contribution in [0.5, 0.6) is 0 Å². The van der Waals surface area contributed by atoms with Gasteiger partial charge in [0.15, 0.2) is 0 Å². The fourth-order valence-electron chi connectivity index (χ4n) is 3.06. The van der Waals surface area contributed by atoms with E-state index < -0.39 is 13.0 Å². The summed E-state index contributed by atoms with van der Waals surface area (Å²) in [6.07, 6.45) is 1.14. The van der Waals surface area contributed by atoms with Gasteiger partial charge in [0.2, 0.25) is 5.91 Å². The summed E-state index contributed by atoms with van der Waals surface area (Å²) in [6, 6.07) is 0. The summed E-state index contributed by atoms with van der Waals surface area (Å²) in [4.78, 5) is 22.7. The van der Waals surface area contributed by atoms with Crippen molar-refractivity contribution in [3.63, 3.8) is 0 Å². The number of piperidine rings is 1. The van der Waals surface area contributed by atoms with Gasteiger partial charge in [-0.15, -0.1) is 11.3 Å². The Balaban J connectivity index is 1.58. The summed E-state index contributed by atoms with van der Waals surface area (Å²) in [5.41, 5.74) is 2.16. The minimum absolute atomic E-state index is 0.237. The van der Waals surface area contributed by atoms with Crippen LogP contribution >= 0.6 is 11.3 Å². The van der Waals surface area contributed by atoms with Gasteiger partial charge in [-0.2, -0.15) is 0 Å². The van der Waals surface area contributed by atoms with E-state index in [1.54, 1.807) is 17.7 Å². The highest BCUT2D eigenvalue weighted by Crippen LogP contribution is 2.33. The molecule has 1 aliphatic heterocycles. The molecule has 1 aliphatic rings. The van der Waals surface area contributed by atoms with Crippen molar-refractivity contribution in [2.75, 3.05) is 24.5 Å². The molecule has 3 rings (SSSR count). The molecule has 0 bridgehead atoms. The minimum atomic E-state index is -2.50. The van der Waals surface area contributed by atoms with E-state index in [4.69, 9.17) is 0 Å². The number of aryl methyl sites for hydroxylation is 1. The first-order valence-electron chi connectivity index (χ1n) is 8.03. The number of anilines is 1. The van der Waals surface area contributed by atoms with Crippen molar-refractivity contribution in [1.29, 1.82) is 0 Å². The van der Waals surface area contributed by atoms with E-state index in [1.165, 1.54) is 0 Å². The van der Waals surface area contributed by atoms with Crippen molar-refractivity contribution in [3.05, 3.63) is 17.3 Å². The monoisotopic (exact) mass is 354 g/mol. The number of carbonyl (C=O) groups excluding carboxylic acids is 1. The zero-order valence-corrected chi connectivity index (χ0v) is 14.3. The van der Waals surface area contributed by atoms with Crippen LogP contribution in [0, 0.1) is 12.8 Å². The number of fused-ring (bicyclic) bond motifs is 1. The zero-order valence-electron chi connectivity index (χ0n) is 13.5. The van der Waals surface area contributed by atoms with E-state index in [2.05, 4.69) is 25.6 Å². The summed E-state index contributed by atoms with van der Waals surface area (Å²) >= 11 is 1.65. The van der Waals surface area contributed by atoms with Crippen LogP contribution in [0.4, 0.5) is 14.6 Å². The Bertz CT molecular complexity index is 713. The Morgan fingerprint density at radius 2 is 2.17 bits per heavy atom. The first kappa shape index (κ1) is 17.0. The van der Waals surface area contributed by atoms with Gasteiger partial charge in [0, 0.05) is 19.5 Å². The lowest BCUT2D eigenvalue weighted by molar-refractivity contribution is -0.122. The number of aromatic nitrogens is 2. The number of nitrogens with zero attached hydrogens (tertiary/aromatic N) is 3. The summed E-state index contributed by atoms with van der Waals surface area (Å²) < 4.78 is 25.3. The van der Waals surface area contributed by atoms with Crippen LogP contribution in [-0.2, 0) is 4.79 Å². The highest BCUT2D eigenvalue weighted by atomic mass is 32.1. The number of hydrogen-bond donors (Lipinski definition) is 1. The van der Waals surface area contributed by atoms with E-state index in [0.29, 0.717) is 6.42 Å². The molecule has 130 valence electrons. The summed E-state index contributed by atoms with van der Waals surface area (Å²) in [5, 5.41) is 4.36. The predicted octanol–water partition coefficient (Wildman–Crippen LogP) is 2.99. The Kier molecular flexibility index (Phi) is 5.23. The lowest BCUT2D eigenvalue weighted by Gasteiger charge is -2.32. The van der Waals surface area contributed by atoms with Crippen LogP contribution in [0.1, 0.15) is 24.8 Å². The molecule has 1 N–H and O–H groups in total. The predicted molar refractivity (Wildman–Crippen MR) is 90.7 cm³/mol. The first-order chi connectivity index (χ1) is 11.5. The smallest absolute Gasteiger partial charge is 0.255 e. The van der Waals surface area contributed by atoms with Gasteiger partial charge >= 0.3 is 0 Å². The topological polar surface area (TPSA) is 58.1 Å². The van der Waals surface area contributed by atoms with Gasteiger partial charge in [-0.25, -0.2) is 18.7 Å². The van der Waals surface area contributed by atoms with Crippen LogP contribution in [0.2, 0.25) is 0 Å². The van der Waals surface area contributed by atoms with Crippen LogP contribution in [0.25, 0.3) is 10.2 Å². The lowest BCUT2D eigenvalue weighted by Crippen LogP contribution is -2.37. The van der Waals surface area contributed by atoms with Gasteiger partial charge in [-0.05, 0) is 36.6 Å². The van der Waals surface area contributed by atoms with Crippen molar-refractivity contribution in [2.45, 2.75) is 32.6 Å². The van der Waals surface area contributed by atoms with Crippen LogP contribution < -0.4 is 10.2 Å². The zero-order chi connectivity index (χ0) is 17.1. The molecule has 2 aromatic heterocycles. The van der Waals surface area contributed by atoms with E-state index >= 15 is 0 Å². The second-order valence-electron chi connectivity index (χ2n) is 6.12. The largest absolute Gasteiger partial charge is 0.355 e. The van der Waals surface area contributed by atoms with E-state index in [9.17, 15) is 13.6 Å². The molecule has 8 heteroatoms. The number of amides is 1. The normalized spacial score (nSPS) is 16.1. The number of carbonyl (C=O) groups is 1. The fraction of sp³-hybridized carbons (Fsp3) is 0.562. The third-order valence-corrected chi connectivity index (χ3v) is 5.44. The molecular formula is C16H20F2N4OS. The molecular weight excluding hydrogens is 334 g/mol. The van der Waals surface area contributed by atoms with Gasteiger partial charge in [0.1, 0.15) is 12.1 Å². The number of rotatable bonds is 5. The highest BCUT2D eigenvalue weighted by molar-refractivity contribution is 7.18. The average molecular weight is 354 g/mol. The number of thiophene rings is 1. The van der Waals surface area contributed by atoms with Crippen molar-refractivity contribution in [3.8, 4) is 0 Å². The molecule has 1 saturated heterocycles. The second-order valence-corrected chi connectivity index (χ2v) is 7.00. The minimum Gasteiger partial charge on any atom is -0.355 e. The van der Waals surface area contributed by atoms with Gasteiger partial charge in [0.05, 0.1) is 16.8 Å². The summed E-state index contributed by atoms with van der Waals surface area (Å²) in [7, 11) is 0. The molecule has 1 amide bonds. The van der Waals surface area contributed by atoms with E-state index in [0.717, 1.165) is 47.5 Å². The molecule has 24 heavy (non-hydrogen) atoms. The van der Waals surface area contributed by atoms with Crippen molar-refractivity contribution in [1.82, 2.24) is 15.3 Å². The van der Waals surface area contributed by atoms with Crippen molar-refractivity contribution >= 4 is 33.3 Å². The van der Waals surface area contributed by atoms with E-state index in [-0.39, 0.29) is 11.8 Å². The average Bonchev–Trinajstić information content (AvgIpc) is 2.95. The molecule has 0 saturated carbocycles. The highest BCUT2D eigenvalue weighted by Gasteiger charge is 2.24. The van der Waals surface area contributed by atoms with Crippen molar-refractivity contribution in [2.24, 2.45) is 5.92 Å². The third kappa shape index (κ3) is 3.80. The Labute approximate surface area is 143 Å². The maximum atomic E-state index is 12.1. The van der Waals surface area contributed by atoms with Crippen LogP contribution in [0.15, 0.2) is 11.7 Å². The van der Waals surface area contributed by atoms with Crippen LogP contribution in [0.3, 0.4) is 0 Å². The molecule has 1 fully saturated rings. The number of alkyl halides is 2. The number of hydrogen-bond acceptors (Lipinski definition) is 5. The molecule has 0 radical (unpaired) electrons. The molecule has 0 spiro atoms. The molecule has 0 unspecified atom stereocenters. The quantitative estimate of drug-likeness (QED) is 0.897. The van der Waals surface area contributed by atoms with Crippen molar-refractivity contribution < 1.29 is 13.6 Å².